The summed E-state index contributed by atoms with van der Waals surface area (Å²) >= 11 is 15.4. The van der Waals surface area contributed by atoms with Gasteiger partial charge < -0.3 is 5.32 Å². The van der Waals surface area contributed by atoms with Crippen LogP contribution in [0.2, 0.25) is 10.0 Å². The monoisotopic (exact) mass is 345 g/mol. The van der Waals surface area contributed by atoms with Crippen molar-refractivity contribution in [3.63, 3.8) is 0 Å². The van der Waals surface area contributed by atoms with Gasteiger partial charge in [-0.25, -0.2) is 0 Å². The van der Waals surface area contributed by atoms with Crippen molar-refractivity contribution in [3.8, 4) is 0 Å². The number of hydrogen-bond acceptors (Lipinski definition) is 3. The lowest BCUT2D eigenvalue weighted by Crippen LogP contribution is -2.26. The fraction of sp³-hybridized carbons (Fsp3) is 0.214. The first-order valence-electron chi connectivity index (χ1n) is 6.00. The molecule has 0 radical (unpaired) electrons. The van der Waals surface area contributed by atoms with Crippen LogP contribution in [-0.4, -0.2) is 18.2 Å². The molecule has 6 heteroatoms. The van der Waals surface area contributed by atoms with E-state index in [0.29, 0.717) is 22.2 Å². The summed E-state index contributed by atoms with van der Waals surface area (Å²) < 4.78 is 0. The Morgan fingerprint density at radius 3 is 2.90 bits per heavy atom. The van der Waals surface area contributed by atoms with E-state index in [0.717, 1.165) is 11.5 Å². The normalized spacial score (nSPS) is 10.5. The quantitative estimate of drug-likeness (QED) is 0.767. The lowest BCUT2D eigenvalue weighted by molar-refractivity contribution is 0.0956. The highest BCUT2D eigenvalue weighted by atomic mass is 35.5. The molecule has 0 saturated heterocycles. The van der Waals surface area contributed by atoms with E-state index in [2.05, 4.69) is 16.8 Å². The number of nitrogens with one attached hydrogen (secondary N) is 1. The molecule has 0 unspecified atom stereocenters. The van der Waals surface area contributed by atoms with Crippen molar-refractivity contribution in [2.45, 2.75) is 5.75 Å². The van der Waals surface area contributed by atoms with Gasteiger partial charge in [0.2, 0.25) is 0 Å². The first kappa shape index (κ1) is 15.7. The van der Waals surface area contributed by atoms with Gasteiger partial charge in [0.1, 0.15) is 0 Å². The second-order valence-corrected chi connectivity index (χ2v) is 6.99. The summed E-state index contributed by atoms with van der Waals surface area (Å²) in [4.78, 5) is 13.3. The molecule has 0 saturated carbocycles. The molecule has 1 N–H and O–H groups in total. The first-order valence-corrected chi connectivity index (χ1v) is 8.79. The van der Waals surface area contributed by atoms with Crippen LogP contribution in [0.5, 0.6) is 0 Å². The van der Waals surface area contributed by atoms with Gasteiger partial charge in [-0.15, -0.1) is 11.3 Å². The van der Waals surface area contributed by atoms with E-state index in [1.54, 1.807) is 41.3 Å². The molecule has 2 aromatic rings. The topological polar surface area (TPSA) is 29.1 Å². The van der Waals surface area contributed by atoms with Crippen LogP contribution in [0.4, 0.5) is 0 Å². The molecule has 2 rings (SSSR count). The third-order valence-corrected chi connectivity index (χ3v) is 5.16. The van der Waals surface area contributed by atoms with Crippen molar-refractivity contribution < 1.29 is 4.79 Å². The Bertz CT molecular complexity index is 573. The number of rotatable bonds is 6. The molecule has 1 aromatic heterocycles. The minimum Gasteiger partial charge on any atom is -0.351 e. The standard InChI is InChI=1S/C14H13Cl2NOS2/c15-10-3-4-13(16)12(8-10)14(18)17-5-7-19-9-11-2-1-6-20-11/h1-4,6,8H,5,7,9H2,(H,17,18). The van der Waals surface area contributed by atoms with Gasteiger partial charge in [0.25, 0.3) is 5.91 Å². The number of thioether (sulfide) groups is 1. The zero-order valence-corrected chi connectivity index (χ0v) is 13.7. The van der Waals surface area contributed by atoms with E-state index in [9.17, 15) is 4.79 Å². The zero-order valence-electron chi connectivity index (χ0n) is 10.6. The maximum Gasteiger partial charge on any atom is 0.252 e. The highest BCUT2D eigenvalue weighted by Gasteiger charge is 2.10. The van der Waals surface area contributed by atoms with Crippen LogP contribution in [0.25, 0.3) is 0 Å². The smallest absolute Gasteiger partial charge is 0.252 e. The van der Waals surface area contributed by atoms with E-state index in [1.165, 1.54) is 4.88 Å². The third kappa shape index (κ3) is 4.70. The van der Waals surface area contributed by atoms with Crippen molar-refractivity contribution in [1.29, 1.82) is 0 Å². The molecule has 0 aliphatic carbocycles. The molecular weight excluding hydrogens is 333 g/mol. The van der Waals surface area contributed by atoms with Crippen LogP contribution >= 0.6 is 46.3 Å². The molecule has 2 nitrogen and oxygen atoms in total. The maximum absolute atomic E-state index is 11.9. The molecule has 20 heavy (non-hydrogen) atoms. The van der Waals surface area contributed by atoms with Gasteiger partial charge in [0.15, 0.2) is 0 Å². The van der Waals surface area contributed by atoms with Crippen molar-refractivity contribution in [2.24, 2.45) is 0 Å². The van der Waals surface area contributed by atoms with E-state index in [1.807, 2.05) is 6.07 Å². The number of carbonyl (C=O) groups excluding carboxylic acids is 1. The number of thiophene rings is 1. The van der Waals surface area contributed by atoms with Gasteiger partial charge in [-0.2, -0.15) is 11.8 Å². The number of benzene rings is 1. The van der Waals surface area contributed by atoms with Crippen molar-refractivity contribution >= 4 is 52.2 Å². The van der Waals surface area contributed by atoms with Crippen molar-refractivity contribution in [2.75, 3.05) is 12.3 Å². The predicted octanol–water partition coefficient (Wildman–Crippen LogP) is 4.72. The zero-order chi connectivity index (χ0) is 14.4. The molecule has 1 amide bonds. The summed E-state index contributed by atoms with van der Waals surface area (Å²) in [5, 5.41) is 5.84. The molecule has 1 aromatic carbocycles. The van der Waals surface area contributed by atoms with Gasteiger partial charge in [0, 0.05) is 28.0 Å². The Morgan fingerprint density at radius 1 is 1.30 bits per heavy atom. The first-order chi connectivity index (χ1) is 9.66. The van der Waals surface area contributed by atoms with E-state index in [-0.39, 0.29) is 5.91 Å². The number of hydrogen-bond donors (Lipinski definition) is 1. The Morgan fingerprint density at radius 2 is 2.15 bits per heavy atom. The Hall–Kier alpha value is -0.680. The van der Waals surface area contributed by atoms with Crippen LogP contribution in [0.15, 0.2) is 35.7 Å². The molecule has 0 bridgehead atoms. The molecule has 0 fully saturated rings. The molecule has 0 aliphatic heterocycles. The van der Waals surface area contributed by atoms with Crippen LogP contribution in [-0.2, 0) is 5.75 Å². The lowest BCUT2D eigenvalue weighted by Gasteiger charge is -2.07. The minimum atomic E-state index is -0.186. The Balaban J connectivity index is 1.73. The van der Waals surface area contributed by atoms with Crippen LogP contribution < -0.4 is 5.32 Å². The molecule has 0 spiro atoms. The second-order valence-electron chi connectivity index (χ2n) is 4.01. The van der Waals surface area contributed by atoms with Gasteiger partial charge in [-0.1, -0.05) is 29.3 Å². The number of halogens is 2. The SMILES string of the molecule is O=C(NCCSCc1cccs1)c1cc(Cl)ccc1Cl. The van der Waals surface area contributed by atoms with Crippen LogP contribution in [0, 0.1) is 0 Å². The highest BCUT2D eigenvalue weighted by Crippen LogP contribution is 2.20. The summed E-state index contributed by atoms with van der Waals surface area (Å²) in [7, 11) is 0. The summed E-state index contributed by atoms with van der Waals surface area (Å²) in [6.07, 6.45) is 0. The molecule has 0 atom stereocenters. The minimum absolute atomic E-state index is 0.186. The maximum atomic E-state index is 11.9. The van der Waals surface area contributed by atoms with E-state index >= 15 is 0 Å². The molecule has 1 heterocycles. The summed E-state index contributed by atoms with van der Waals surface area (Å²) in [6, 6.07) is 9.03. The van der Waals surface area contributed by atoms with E-state index < -0.39 is 0 Å². The number of carbonyl (C=O) groups is 1. The van der Waals surface area contributed by atoms with E-state index in [4.69, 9.17) is 23.2 Å². The lowest BCUT2D eigenvalue weighted by atomic mass is 10.2. The van der Waals surface area contributed by atoms with Gasteiger partial charge in [-0.05, 0) is 29.6 Å². The predicted molar refractivity (Wildman–Crippen MR) is 89.3 cm³/mol. The third-order valence-electron chi connectivity index (χ3n) is 2.53. The Kier molecular flexibility index (Phi) is 6.23. The summed E-state index contributed by atoms with van der Waals surface area (Å²) in [5.74, 6) is 1.65. The van der Waals surface area contributed by atoms with Crippen molar-refractivity contribution in [1.82, 2.24) is 5.32 Å². The van der Waals surface area contributed by atoms with Crippen LogP contribution in [0.3, 0.4) is 0 Å². The van der Waals surface area contributed by atoms with Gasteiger partial charge in [-0.3, -0.25) is 4.79 Å². The molecular formula is C14H13Cl2NOS2. The molecule has 0 aliphatic rings. The summed E-state index contributed by atoms with van der Waals surface area (Å²) in [5.41, 5.74) is 0.419. The fourth-order valence-electron chi connectivity index (χ4n) is 1.57. The summed E-state index contributed by atoms with van der Waals surface area (Å²) in [6.45, 7) is 0.609. The largest absolute Gasteiger partial charge is 0.351 e. The average Bonchev–Trinajstić information content (AvgIpc) is 2.94. The number of amides is 1. The van der Waals surface area contributed by atoms with Gasteiger partial charge in [0.05, 0.1) is 10.6 Å². The molecule has 106 valence electrons. The highest BCUT2D eigenvalue weighted by molar-refractivity contribution is 7.98. The van der Waals surface area contributed by atoms with Gasteiger partial charge >= 0.3 is 0 Å². The van der Waals surface area contributed by atoms with Crippen LogP contribution in [0.1, 0.15) is 15.2 Å². The fourth-order valence-corrected chi connectivity index (χ4v) is 3.65. The van der Waals surface area contributed by atoms with Crippen molar-refractivity contribution in [3.05, 3.63) is 56.2 Å². The average molecular weight is 346 g/mol. The Labute approximate surface area is 136 Å². The second kappa shape index (κ2) is 7.93.